The Morgan fingerprint density at radius 3 is 2.53 bits per heavy atom. The molecule has 3 aromatic heterocycles. The van der Waals surface area contributed by atoms with Gasteiger partial charge in [-0.1, -0.05) is 0 Å². The molecule has 47 heavy (non-hydrogen) atoms. The van der Waals surface area contributed by atoms with Gasteiger partial charge in [-0.2, -0.15) is 13.2 Å². The first kappa shape index (κ1) is 35.2. The number of H-pyrrole nitrogens is 1. The number of halogens is 3. The van der Waals surface area contributed by atoms with Gasteiger partial charge in [-0.25, -0.2) is 19.7 Å². The van der Waals surface area contributed by atoms with Gasteiger partial charge in [0.25, 0.3) is 0 Å². The summed E-state index contributed by atoms with van der Waals surface area (Å²) in [6.07, 6.45) is 0.890. The lowest BCUT2D eigenvalue weighted by atomic mass is 10.2. The summed E-state index contributed by atoms with van der Waals surface area (Å²) in [5.74, 6) is 0.312. The van der Waals surface area contributed by atoms with Crippen LogP contribution in [0.1, 0.15) is 38.3 Å². The maximum absolute atomic E-state index is 13.0. The number of pyridine rings is 1. The van der Waals surface area contributed by atoms with Crippen molar-refractivity contribution in [3.8, 4) is 17.4 Å². The molecule has 0 spiro atoms. The Kier molecular flexibility index (Phi) is 11.8. The lowest BCUT2D eigenvalue weighted by Gasteiger charge is -2.20. The fourth-order valence-electron chi connectivity index (χ4n) is 4.57. The zero-order valence-corrected chi connectivity index (χ0v) is 27.0. The van der Waals surface area contributed by atoms with E-state index in [1.54, 1.807) is 39.0 Å². The van der Waals surface area contributed by atoms with Crippen molar-refractivity contribution in [2.45, 2.75) is 45.5 Å². The van der Waals surface area contributed by atoms with Crippen molar-refractivity contribution >= 4 is 28.5 Å². The summed E-state index contributed by atoms with van der Waals surface area (Å²) in [7, 11) is 3.98. The van der Waals surface area contributed by atoms with Crippen LogP contribution in [0, 0.1) is 0 Å². The summed E-state index contributed by atoms with van der Waals surface area (Å²) in [6, 6.07) is 6.72. The van der Waals surface area contributed by atoms with Crippen LogP contribution in [-0.2, 0) is 22.3 Å². The number of esters is 1. The number of alkyl halides is 3. The monoisotopic (exact) mass is 659 g/mol. The maximum atomic E-state index is 13.0. The fourth-order valence-corrected chi connectivity index (χ4v) is 4.57. The molecule has 0 aliphatic heterocycles. The van der Waals surface area contributed by atoms with E-state index < -0.39 is 23.3 Å². The van der Waals surface area contributed by atoms with Crippen molar-refractivity contribution in [2.24, 2.45) is 0 Å². The molecule has 0 radical (unpaired) electrons. The normalized spacial score (nSPS) is 11.9. The van der Waals surface area contributed by atoms with E-state index in [1.807, 2.05) is 13.2 Å². The summed E-state index contributed by atoms with van der Waals surface area (Å²) < 4.78 is 61.5. The van der Waals surface area contributed by atoms with Crippen LogP contribution in [-0.4, -0.2) is 83.4 Å². The van der Waals surface area contributed by atoms with E-state index in [1.165, 1.54) is 6.33 Å². The van der Waals surface area contributed by atoms with Gasteiger partial charge < -0.3 is 39.5 Å². The van der Waals surface area contributed by atoms with Gasteiger partial charge in [-0.3, -0.25) is 0 Å². The first-order chi connectivity index (χ1) is 22.3. The van der Waals surface area contributed by atoms with Crippen LogP contribution in [0.4, 0.5) is 24.7 Å². The van der Waals surface area contributed by atoms with E-state index in [0.717, 1.165) is 48.8 Å². The SMILES string of the molecule is CNCCCN(C)Cc1c[nH]c2ncnc(Nc3ccc(OCCOc4cc(C(F)(F)F)ccn4)c(OCC(=O)OC(C)(C)C)c3)c12. The molecule has 4 rings (SSSR count). The first-order valence-corrected chi connectivity index (χ1v) is 15.0. The van der Waals surface area contributed by atoms with Gasteiger partial charge in [0.1, 0.15) is 36.6 Å². The van der Waals surface area contributed by atoms with Crippen LogP contribution in [0.25, 0.3) is 11.0 Å². The molecule has 0 saturated carbocycles. The number of nitrogens with one attached hydrogen (secondary N) is 3. The average Bonchev–Trinajstić information content (AvgIpc) is 3.41. The predicted octanol–water partition coefficient (Wildman–Crippen LogP) is 5.33. The quantitative estimate of drug-likeness (QED) is 0.106. The highest BCUT2D eigenvalue weighted by atomic mass is 19.4. The first-order valence-electron chi connectivity index (χ1n) is 15.0. The fraction of sp³-hybridized carbons (Fsp3) is 0.438. The van der Waals surface area contributed by atoms with Crippen LogP contribution < -0.4 is 24.8 Å². The van der Waals surface area contributed by atoms with Crippen molar-refractivity contribution in [3.05, 3.63) is 60.2 Å². The number of fused-ring (bicyclic) bond motifs is 1. The predicted molar refractivity (Wildman–Crippen MR) is 170 cm³/mol. The molecular weight excluding hydrogens is 619 g/mol. The molecule has 254 valence electrons. The highest BCUT2D eigenvalue weighted by Crippen LogP contribution is 2.34. The second-order valence-electron chi connectivity index (χ2n) is 11.7. The zero-order valence-electron chi connectivity index (χ0n) is 27.0. The van der Waals surface area contributed by atoms with E-state index in [2.05, 4.69) is 42.5 Å². The lowest BCUT2D eigenvalue weighted by Crippen LogP contribution is -2.27. The second kappa shape index (κ2) is 15.8. The van der Waals surface area contributed by atoms with Crippen LogP contribution in [0.2, 0.25) is 0 Å². The van der Waals surface area contributed by atoms with Gasteiger partial charge >= 0.3 is 12.1 Å². The van der Waals surface area contributed by atoms with E-state index in [4.69, 9.17) is 18.9 Å². The molecule has 0 saturated heterocycles. The lowest BCUT2D eigenvalue weighted by molar-refractivity contribution is -0.157. The zero-order chi connectivity index (χ0) is 34.0. The third-order valence-corrected chi connectivity index (χ3v) is 6.58. The topological polar surface area (TPSA) is 136 Å². The van der Waals surface area contributed by atoms with Gasteiger partial charge in [0.15, 0.2) is 18.1 Å². The summed E-state index contributed by atoms with van der Waals surface area (Å²) in [5.41, 5.74) is 0.722. The molecule has 0 unspecified atom stereocenters. The van der Waals surface area contributed by atoms with Gasteiger partial charge in [-0.15, -0.1) is 0 Å². The van der Waals surface area contributed by atoms with Crippen LogP contribution in [0.3, 0.4) is 0 Å². The molecule has 4 aromatic rings. The molecule has 3 heterocycles. The Balaban J connectivity index is 1.50. The minimum absolute atomic E-state index is 0.0470. The van der Waals surface area contributed by atoms with Crippen molar-refractivity contribution in [1.82, 2.24) is 30.2 Å². The molecule has 0 bridgehead atoms. The van der Waals surface area contributed by atoms with Crippen molar-refractivity contribution in [1.29, 1.82) is 0 Å². The number of aromatic nitrogens is 4. The third kappa shape index (κ3) is 10.7. The third-order valence-electron chi connectivity index (χ3n) is 6.58. The number of anilines is 2. The molecular formula is C32H40F3N7O5. The Bertz CT molecular complexity index is 1620. The number of benzene rings is 1. The summed E-state index contributed by atoms with van der Waals surface area (Å²) in [6.45, 7) is 7.23. The number of carbonyl (C=O) groups is 1. The number of nitrogens with zero attached hydrogens (tertiary/aromatic N) is 4. The Labute approximate surface area is 271 Å². The summed E-state index contributed by atoms with van der Waals surface area (Å²) in [5, 5.41) is 7.32. The number of hydrogen-bond acceptors (Lipinski definition) is 11. The summed E-state index contributed by atoms with van der Waals surface area (Å²) in [4.78, 5) is 30.5. The minimum atomic E-state index is -4.52. The molecule has 0 amide bonds. The molecule has 0 aliphatic rings. The van der Waals surface area contributed by atoms with E-state index >= 15 is 0 Å². The van der Waals surface area contributed by atoms with Crippen molar-refractivity contribution < 1.29 is 36.9 Å². The second-order valence-corrected chi connectivity index (χ2v) is 11.7. The minimum Gasteiger partial charge on any atom is -0.486 e. The molecule has 0 aliphatic carbocycles. The molecule has 3 N–H and O–H groups in total. The van der Waals surface area contributed by atoms with Gasteiger partial charge in [-0.05, 0) is 78.1 Å². The molecule has 0 atom stereocenters. The van der Waals surface area contributed by atoms with E-state index in [-0.39, 0.29) is 37.2 Å². The van der Waals surface area contributed by atoms with Crippen molar-refractivity contribution in [3.63, 3.8) is 0 Å². The highest BCUT2D eigenvalue weighted by molar-refractivity contribution is 5.92. The van der Waals surface area contributed by atoms with Crippen LogP contribution in [0.5, 0.6) is 17.4 Å². The Morgan fingerprint density at radius 1 is 1.00 bits per heavy atom. The number of hydrogen-bond donors (Lipinski definition) is 3. The van der Waals surface area contributed by atoms with Crippen LogP contribution in [0.15, 0.2) is 49.1 Å². The number of carbonyl (C=O) groups excluding carboxylic acids is 1. The number of ether oxygens (including phenoxy) is 4. The number of rotatable bonds is 16. The van der Waals surface area contributed by atoms with Crippen LogP contribution >= 0.6 is 0 Å². The smallest absolute Gasteiger partial charge is 0.416 e. The molecule has 1 aromatic carbocycles. The largest absolute Gasteiger partial charge is 0.486 e. The summed E-state index contributed by atoms with van der Waals surface area (Å²) >= 11 is 0. The van der Waals surface area contributed by atoms with E-state index in [0.29, 0.717) is 23.7 Å². The highest BCUT2D eigenvalue weighted by Gasteiger charge is 2.31. The van der Waals surface area contributed by atoms with Gasteiger partial charge in [0.05, 0.1) is 10.9 Å². The van der Waals surface area contributed by atoms with Gasteiger partial charge in [0, 0.05) is 36.8 Å². The van der Waals surface area contributed by atoms with E-state index in [9.17, 15) is 18.0 Å². The molecule has 12 nitrogen and oxygen atoms in total. The molecule has 15 heteroatoms. The standard InChI is InChI=1S/C32H40F3N7O5/c1-31(2,3)47-27(43)19-46-25-16-23(7-8-24(25)44-13-14-45-26-15-22(9-11-37-26)32(33,34)35)41-30-28-21(17-38-29(28)39-20-40-30)18-42(5)12-6-10-36-4/h7-9,11,15-17,20,36H,6,10,12-14,18-19H2,1-5H3,(H2,38,39,40,41). The van der Waals surface area contributed by atoms with Gasteiger partial charge in [0.2, 0.25) is 5.88 Å². The maximum Gasteiger partial charge on any atom is 0.416 e. The Morgan fingerprint density at radius 2 is 1.79 bits per heavy atom. The molecule has 0 fully saturated rings. The average molecular weight is 660 g/mol. The Hall–Kier alpha value is -4.63. The number of aromatic amines is 1. The van der Waals surface area contributed by atoms with Crippen molar-refractivity contribution in [2.75, 3.05) is 52.3 Å².